The summed E-state index contributed by atoms with van der Waals surface area (Å²) in [6.45, 7) is 6.69. The lowest BCUT2D eigenvalue weighted by atomic mass is 10.2. The fourth-order valence-corrected chi connectivity index (χ4v) is 3.41. The van der Waals surface area contributed by atoms with Crippen LogP contribution in [0.2, 0.25) is 0 Å². The van der Waals surface area contributed by atoms with E-state index < -0.39 is 0 Å². The van der Waals surface area contributed by atoms with Crippen LogP contribution in [0.5, 0.6) is 0 Å². The van der Waals surface area contributed by atoms with Crippen molar-refractivity contribution >= 4 is 28.3 Å². The third kappa shape index (κ3) is 4.53. The van der Waals surface area contributed by atoms with Gasteiger partial charge < -0.3 is 10.6 Å². The first-order valence-electron chi connectivity index (χ1n) is 8.11. The molecule has 2 atom stereocenters. The van der Waals surface area contributed by atoms with Gasteiger partial charge in [0, 0.05) is 23.8 Å². The van der Waals surface area contributed by atoms with E-state index >= 15 is 0 Å². The van der Waals surface area contributed by atoms with Gasteiger partial charge in [-0.25, -0.2) is 4.98 Å². The molecular formula is C16H25N3O2S. The van der Waals surface area contributed by atoms with Gasteiger partial charge in [0.05, 0.1) is 5.69 Å². The number of anilines is 1. The monoisotopic (exact) mass is 323 g/mol. The molecule has 2 N–H and O–H groups in total. The molecular weight excluding hydrogens is 298 g/mol. The standard InChI is InChI=1S/C16H25N3O2S/c1-4-6-12-13(5-2)22-16(18-12)19-14(20)7-8-17-15(21)11-9-10(11)3/h10-11H,4-9H2,1-3H3,(H,17,21)(H,18,19,20)/t10-,11-/m1/s1. The van der Waals surface area contributed by atoms with Gasteiger partial charge in [0.2, 0.25) is 11.8 Å². The first-order valence-corrected chi connectivity index (χ1v) is 8.92. The first-order chi connectivity index (χ1) is 10.5. The SMILES string of the molecule is CCCc1nc(NC(=O)CCNC(=O)[C@@H]2C[C@H]2C)sc1CC. The molecule has 0 aromatic carbocycles. The molecule has 2 rings (SSSR count). The number of carbonyl (C=O) groups is 2. The molecule has 0 spiro atoms. The van der Waals surface area contributed by atoms with Gasteiger partial charge >= 0.3 is 0 Å². The highest BCUT2D eigenvalue weighted by Gasteiger charge is 2.38. The Morgan fingerprint density at radius 1 is 1.36 bits per heavy atom. The highest BCUT2D eigenvalue weighted by atomic mass is 32.1. The molecule has 1 fully saturated rings. The quantitative estimate of drug-likeness (QED) is 0.773. The molecule has 1 heterocycles. The number of rotatable bonds is 8. The fraction of sp³-hybridized carbons (Fsp3) is 0.688. The minimum Gasteiger partial charge on any atom is -0.355 e. The van der Waals surface area contributed by atoms with Gasteiger partial charge in [-0.3, -0.25) is 9.59 Å². The lowest BCUT2D eigenvalue weighted by Gasteiger charge is -2.04. The number of hydrogen-bond donors (Lipinski definition) is 2. The Hall–Kier alpha value is -1.43. The number of aromatic nitrogens is 1. The van der Waals surface area contributed by atoms with Crippen molar-refractivity contribution in [3.05, 3.63) is 10.6 Å². The number of nitrogens with one attached hydrogen (secondary N) is 2. The molecule has 22 heavy (non-hydrogen) atoms. The van der Waals surface area contributed by atoms with Gasteiger partial charge in [0.25, 0.3) is 0 Å². The summed E-state index contributed by atoms with van der Waals surface area (Å²) in [6, 6.07) is 0. The van der Waals surface area contributed by atoms with E-state index in [4.69, 9.17) is 0 Å². The highest BCUT2D eigenvalue weighted by molar-refractivity contribution is 7.15. The van der Waals surface area contributed by atoms with Crippen LogP contribution in [0.3, 0.4) is 0 Å². The van der Waals surface area contributed by atoms with Crippen LogP contribution in [0.25, 0.3) is 0 Å². The van der Waals surface area contributed by atoms with E-state index in [9.17, 15) is 9.59 Å². The largest absolute Gasteiger partial charge is 0.355 e. The zero-order valence-corrected chi connectivity index (χ0v) is 14.4. The minimum absolute atomic E-state index is 0.0769. The predicted octanol–water partition coefficient (Wildman–Crippen LogP) is 2.76. The molecule has 1 aromatic rings. The molecule has 1 saturated carbocycles. The lowest BCUT2D eigenvalue weighted by molar-refractivity contribution is -0.122. The smallest absolute Gasteiger partial charge is 0.227 e. The molecule has 1 aromatic heterocycles. The van der Waals surface area contributed by atoms with Crippen molar-refractivity contribution in [2.24, 2.45) is 11.8 Å². The van der Waals surface area contributed by atoms with Crippen LogP contribution in [0.4, 0.5) is 5.13 Å². The summed E-state index contributed by atoms with van der Waals surface area (Å²) in [5, 5.41) is 6.34. The normalized spacial score (nSPS) is 19.8. The summed E-state index contributed by atoms with van der Waals surface area (Å²) < 4.78 is 0. The van der Waals surface area contributed by atoms with Crippen LogP contribution in [0.15, 0.2) is 0 Å². The maximum atomic E-state index is 11.9. The molecule has 0 radical (unpaired) electrons. The summed E-state index contributed by atoms with van der Waals surface area (Å²) in [5.41, 5.74) is 1.10. The van der Waals surface area contributed by atoms with Crippen molar-refractivity contribution in [2.75, 3.05) is 11.9 Å². The zero-order chi connectivity index (χ0) is 16.1. The Morgan fingerprint density at radius 2 is 2.09 bits per heavy atom. The van der Waals surface area contributed by atoms with Gasteiger partial charge in [-0.2, -0.15) is 0 Å². The van der Waals surface area contributed by atoms with E-state index in [0.29, 0.717) is 17.6 Å². The average Bonchev–Trinajstić information content (AvgIpc) is 3.09. The second-order valence-corrected chi connectivity index (χ2v) is 6.98. The van der Waals surface area contributed by atoms with Crippen molar-refractivity contribution in [1.29, 1.82) is 0 Å². The molecule has 122 valence electrons. The number of amides is 2. The average molecular weight is 323 g/mol. The molecule has 0 saturated heterocycles. The number of carbonyl (C=O) groups excluding carboxylic acids is 2. The molecule has 0 unspecified atom stereocenters. The zero-order valence-electron chi connectivity index (χ0n) is 13.6. The Balaban J connectivity index is 1.75. The summed E-state index contributed by atoms with van der Waals surface area (Å²) in [6.07, 6.45) is 4.20. The van der Waals surface area contributed by atoms with Crippen LogP contribution >= 0.6 is 11.3 Å². The third-order valence-electron chi connectivity index (χ3n) is 3.93. The maximum Gasteiger partial charge on any atom is 0.227 e. The van der Waals surface area contributed by atoms with Crippen LogP contribution in [0, 0.1) is 11.8 Å². The van der Waals surface area contributed by atoms with E-state index in [-0.39, 0.29) is 24.2 Å². The third-order valence-corrected chi connectivity index (χ3v) is 5.09. The second-order valence-electron chi connectivity index (χ2n) is 5.90. The van der Waals surface area contributed by atoms with E-state index in [1.807, 2.05) is 0 Å². The molecule has 1 aliphatic carbocycles. The van der Waals surface area contributed by atoms with Gasteiger partial charge in [0.15, 0.2) is 5.13 Å². The maximum absolute atomic E-state index is 11.9. The molecule has 1 aliphatic rings. The van der Waals surface area contributed by atoms with E-state index in [1.54, 1.807) is 11.3 Å². The second kappa shape index (κ2) is 7.72. The predicted molar refractivity (Wildman–Crippen MR) is 89.0 cm³/mol. The number of thiazole rings is 1. The summed E-state index contributed by atoms with van der Waals surface area (Å²) >= 11 is 1.55. The van der Waals surface area contributed by atoms with Crippen molar-refractivity contribution in [3.8, 4) is 0 Å². The Morgan fingerprint density at radius 3 is 2.68 bits per heavy atom. The van der Waals surface area contributed by atoms with E-state index in [0.717, 1.165) is 31.4 Å². The Labute approximate surface area is 135 Å². The van der Waals surface area contributed by atoms with Gasteiger partial charge in [0.1, 0.15) is 0 Å². The fourth-order valence-electron chi connectivity index (χ4n) is 2.44. The van der Waals surface area contributed by atoms with Crippen LogP contribution in [0.1, 0.15) is 50.6 Å². The Kier molecular flexibility index (Phi) is 5.94. The first kappa shape index (κ1) is 16.9. The summed E-state index contributed by atoms with van der Waals surface area (Å²) in [4.78, 5) is 29.3. The molecule has 0 bridgehead atoms. The summed E-state index contributed by atoms with van der Waals surface area (Å²) in [7, 11) is 0. The van der Waals surface area contributed by atoms with Crippen molar-refractivity contribution in [2.45, 2.75) is 52.9 Å². The molecule has 5 nitrogen and oxygen atoms in total. The number of nitrogens with zero attached hydrogens (tertiary/aromatic N) is 1. The number of aryl methyl sites for hydroxylation is 2. The van der Waals surface area contributed by atoms with Crippen LogP contribution < -0.4 is 10.6 Å². The highest BCUT2D eigenvalue weighted by Crippen LogP contribution is 2.37. The molecule has 6 heteroatoms. The number of hydrogen-bond acceptors (Lipinski definition) is 4. The molecule has 2 amide bonds. The topological polar surface area (TPSA) is 71.1 Å². The van der Waals surface area contributed by atoms with Crippen LogP contribution in [-0.2, 0) is 22.4 Å². The Bertz CT molecular complexity index is 541. The van der Waals surface area contributed by atoms with E-state index in [1.165, 1.54) is 4.88 Å². The lowest BCUT2D eigenvalue weighted by Crippen LogP contribution is -2.29. The van der Waals surface area contributed by atoms with Gasteiger partial charge in [-0.05, 0) is 25.2 Å². The van der Waals surface area contributed by atoms with Gasteiger partial charge in [-0.15, -0.1) is 11.3 Å². The van der Waals surface area contributed by atoms with E-state index in [2.05, 4.69) is 36.4 Å². The van der Waals surface area contributed by atoms with Gasteiger partial charge in [-0.1, -0.05) is 27.2 Å². The minimum atomic E-state index is -0.0939. The summed E-state index contributed by atoms with van der Waals surface area (Å²) in [5.74, 6) is 0.635. The van der Waals surface area contributed by atoms with Crippen molar-refractivity contribution in [1.82, 2.24) is 10.3 Å². The molecule has 0 aliphatic heterocycles. The van der Waals surface area contributed by atoms with Crippen molar-refractivity contribution in [3.63, 3.8) is 0 Å². The van der Waals surface area contributed by atoms with Crippen LogP contribution in [-0.4, -0.2) is 23.3 Å². The van der Waals surface area contributed by atoms with Crippen molar-refractivity contribution < 1.29 is 9.59 Å².